The van der Waals surface area contributed by atoms with E-state index in [1.165, 1.54) is 11.3 Å². The summed E-state index contributed by atoms with van der Waals surface area (Å²) in [6.07, 6.45) is 0. The van der Waals surface area contributed by atoms with E-state index in [4.69, 9.17) is 5.26 Å². The van der Waals surface area contributed by atoms with Gasteiger partial charge in [0.2, 0.25) is 0 Å². The summed E-state index contributed by atoms with van der Waals surface area (Å²) in [4.78, 5) is 17.7. The molecule has 0 N–H and O–H groups in total. The van der Waals surface area contributed by atoms with Crippen molar-refractivity contribution in [2.75, 3.05) is 39.8 Å². The van der Waals surface area contributed by atoms with Gasteiger partial charge in [0, 0.05) is 26.2 Å². The molecule has 5 heteroatoms. The fraction of sp³-hybridized carbons (Fsp3) is 0.500. The van der Waals surface area contributed by atoms with E-state index in [1.807, 2.05) is 0 Å². The molecular weight excluding hydrogens is 234 g/mol. The predicted octanol–water partition coefficient (Wildman–Crippen LogP) is 1.05. The molecule has 0 unspecified atom stereocenters. The Kier molecular flexibility index (Phi) is 3.89. The molecule has 1 fully saturated rings. The first kappa shape index (κ1) is 12.2. The van der Waals surface area contributed by atoms with Gasteiger partial charge in [0.05, 0.1) is 11.4 Å². The molecule has 2 rings (SSSR count). The first-order chi connectivity index (χ1) is 8.19. The maximum atomic E-state index is 12.0. The van der Waals surface area contributed by atoms with Crippen molar-refractivity contribution in [1.82, 2.24) is 9.80 Å². The van der Waals surface area contributed by atoms with Crippen molar-refractivity contribution < 1.29 is 4.79 Å². The van der Waals surface area contributed by atoms with Gasteiger partial charge in [-0.2, -0.15) is 5.26 Å². The van der Waals surface area contributed by atoms with E-state index in [-0.39, 0.29) is 5.78 Å². The number of nitrogens with zero attached hydrogens (tertiary/aromatic N) is 3. The molecule has 90 valence electrons. The summed E-state index contributed by atoms with van der Waals surface area (Å²) < 4.78 is 0. The van der Waals surface area contributed by atoms with Crippen molar-refractivity contribution in [3.8, 4) is 6.07 Å². The summed E-state index contributed by atoms with van der Waals surface area (Å²) in [7, 11) is 2.09. The Balaban J connectivity index is 1.91. The highest BCUT2D eigenvalue weighted by Gasteiger charge is 2.18. The highest BCUT2D eigenvalue weighted by molar-refractivity contribution is 7.14. The third-order valence-electron chi connectivity index (χ3n) is 2.95. The molecule has 0 spiro atoms. The predicted molar refractivity (Wildman–Crippen MR) is 67.3 cm³/mol. The molecule has 1 aliphatic rings. The molecule has 17 heavy (non-hydrogen) atoms. The Labute approximate surface area is 105 Å². The lowest BCUT2D eigenvalue weighted by Gasteiger charge is -2.31. The van der Waals surface area contributed by atoms with Crippen LogP contribution in [0.4, 0.5) is 0 Å². The molecular formula is C12H15N3OS. The second-order valence-corrected chi connectivity index (χ2v) is 5.36. The molecule has 1 saturated heterocycles. The SMILES string of the molecule is CN1CCN(CC(=O)c2ccc(C#N)s2)CC1. The van der Waals surface area contributed by atoms with Crippen molar-refractivity contribution in [3.05, 3.63) is 21.9 Å². The van der Waals surface area contributed by atoms with Gasteiger partial charge >= 0.3 is 0 Å². The third-order valence-corrected chi connectivity index (χ3v) is 3.99. The van der Waals surface area contributed by atoms with Crippen LogP contribution in [-0.2, 0) is 0 Å². The standard InChI is InChI=1S/C12H15N3OS/c1-14-4-6-15(7-5-14)9-11(16)12-3-2-10(8-13)17-12/h2-3H,4-7,9H2,1H3. The largest absolute Gasteiger partial charge is 0.304 e. The van der Waals surface area contributed by atoms with E-state index in [0.29, 0.717) is 16.3 Å². The van der Waals surface area contributed by atoms with Crippen molar-refractivity contribution in [3.63, 3.8) is 0 Å². The van der Waals surface area contributed by atoms with E-state index in [2.05, 4.69) is 22.9 Å². The summed E-state index contributed by atoms with van der Waals surface area (Å²) in [5.74, 6) is 0.126. The summed E-state index contributed by atoms with van der Waals surface area (Å²) in [5.41, 5.74) is 0. The van der Waals surface area contributed by atoms with Gasteiger partial charge in [-0.3, -0.25) is 9.69 Å². The van der Waals surface area contributed by atoms with Crippen molar-refractivity contribution in [1.29, 1.82) is 5.26 Å². The van der Waals surface area contributed by atoms with E-state index in [0.717, 1.165) is 26.2 Å². The Bertz CT molecular complexity index is 441. The molecule has 1 aliphatic heterocycles. The van der Waals surface area contributed by atoms with Gasteiger partial charge in [0.15, 0.2) is 5.78 Å². The topological polar surface area (TPSA) is 47.3 Å². The fourth-order valence-electron chi connectivity index (χ4n) is 1.83. The Hall–Kier alpha value is -1.22. The van der Waals surface area contributed by atoms with Crippen LogP contribution in [0.2, 0.25) is 0 Å². The number of hydrogen-bond acceptors (Lipinski definition) is 5. The van der Waals surface area contributed by atoms with Gasteiger partial charge in [-0.15, -0.1) is 11.3 Å². The maximum absolute atomic E-state index is 12.0. The van der Waals surface area contributed by atoms with Crippen molar-refractivity contribution >= 4 is 17.1 Å². The zero-order chi connectivity index (χ0) is 12.3. The lowest BCUT2D eigenvalue weighted by Crippen LogP contribution is -2.46. The lowest BCUT2D eigenvalue weighted by molar-refractivity contribution is 0.0880. The van der Waals surface area contributed by atoms with Gasteiger partial charge in [0.25, 0.3) is 0 Å². The summed E-state index contributed by atoms with van der Waals surface area (Å²) in [5, 5.41) is 8.72. The minimum absolute atomic E-state index is 0.126. The highest BCUT2D eigenvalue weighted by Crippen LogP contribution is 2.16. The van der Waals surface area contributed by atoms with Crippen LogP contribution in [0.5, 0.6) is 0 Å². The maximum Gasteiger partial charge on any atom is 0.186 e. The Morgan fingerprint density at radius 3 is 2.71 bits per heavy atom. The van der Waals surface area contributed by atoms with E-state index >= 15 is 0 Å². The molecule has 2 heterocycles. The number of thiophene rings is 1. The number of likely N-dealkylation sites (N-methyl/N-ethyl adjacent to an activating group) is 1. The number of ketones is 1. The summed E-state index contributed by atoms with van der Waals surface area (Å²) >= 11 is 1.28. The number of hydrogen-bond donors (Lipinski definition) is 0. The van der Waals surface area contributed by atoms with E-state index in [9.17, 15) is 4.79 Å². The molecule has 0 saturated carbocycles. The summed E-state index contributed by atoms with van der Waals surface area (Å²) in [6.45, 7) is 4.39. The van der Waals surface area contributed by atoms with Crippen LogP contribution in [0.3, 0.4) is 0 Å². The van der Waals surface area contributed by atoms with Gasteiger partial charge in [-0.05, 0) is 19.2 Å². The number of carbonyl (C=O) groups is 1. The smallest absolute Gasteiger partial charge is 0.186 e. The quantitative estimate of drug-likeness (QED) is 0.751. The number of carbonyl (C=O) groups excluding carboxylic acids is 1. The van der Waals surface area contributed by atoms with Crippen molar-refractivity contribution in [2.45, 2.75) is 0 Å². The lowest BCUT2D eigenvalue weighted by atomic mass is 10.2. The van der Waals surface area contributed by atoms with Crippen LogP contribution in [0.1, 0.15) is 14.5 Å². The first-order valence-corrected chi connectivity index (χ1v) is 6.45. The minimum Gasteiger partial charge on any atom is -0.304 e. The third kappa shape index (κ3) is 3.13. The van der Waals surface area contributed by atoms with Crippen LogP contribution < -0.4 is 0 Å². The second-order valence-electron chi connectivity index (χ2n) is 4.28. The molecule has 0 aromatic carbocycles. The minimum atomic E-state index is 0.126. The monoisotopic (exact) mass is 249 g/mol. The molecule has 0 aliphatic carbocycles. The Morgan fingerprint density at radius 2 is 2.12 bits per heavy atom. The molecule has 0 amide bonds. The molecule has 4 nitrogen and oxygen atoms in total. The first-order valence-electron chi connectivity index (χ1n) is 5.63. The average Bonchev–Trinajstić information content (AvgIpc) is 2.81. The molecule has 0 radical (unpaired) electrons. The van der Waals surface area contributed by atoms with Gasteiger partial charge < -0.3 is 4.90 Å². The molecule has 0 atom stereocenters. The highest BCUT2D eigenvalue weighted by atomic mass is 32.1. The van der Waals surface area contributed by atoms with Gasteiger partial charge in [0.1, 0.15) is 10.9 Å². The molecule has 0 bridgehead atoms. The van der Waals surface area contributed by atoms with Gasteiger partial charge in [-0.1, -0.05) is 0 Å². The zero-order valence-electron chi connectivity index (χ0n) is 9.85. The average molecular weight is 249 g/mol. The number of rotatable bonds is 3. The molecule has 1 aromatic heterocycles. The zero-order valence-corrected chi connectivity index (χ0v) is 10.7. The molecule has 1 aromatic rings. The van der Waals surface area contributed by atoms with Crippen LogP contribution in [0.25, 0.3) is 0 Å². The van der Waals surface area contributed by atoms with Gasteiger partial charge in [-0.25, -0.2) is 0 Å². The van der Waals surface area contributed by atoms with E-state index < -0.39 is 0 Å². The number of nitriles is 1. The summed E-state index contributed by atoms with van der Waals surface area (Å²) in [6, 6.07) is 5.52. The Morgan fingerprint density at radius 1 is 1.41 bits per heavy atom. The van der Waals surface area contributed by atoms with E-state index in [1.54, 1.807) is 12.1 Å². The van der Waals surface area contributed by atoms with Crippen LogP contribution in [0, 0.1) is 11.3 Å². The van der Waals surface area contributed by atoms with Crippen molar-refractivity contribution in [2.24, 2.45) is 0 Å². The van der Waals surface area contributed by atoms with Crippen LogP contribution in [-0.4, -0.2) is 55.4 Å². The second kappa shape index (κ2) is 5.41. The normalized spacial score (nSPS) is 17.9. The van der Waals surface area contributed by atoms with Crippen LogP contribution >= 0.6 is 11.3 Å². The number of piperazine rings is 1. The fourth-order valence-corrected chi connectivity index (χ4v) is 2.57. The number of Topliss-reactive ketones (excluding diaryl/α,β-unsaturated/α-hetero) is 1. The van der Waals surface area contributed by atoms with Crippen LogP contribution in [0.15, 0.2) is 12.1 Å².